The van der Waals surface area contributed by atoms with Gasteiger partial charge >= 0.3 is 0 Å². The Morgan fingerprint density at radius 2 is 1.10 bits per heavy atom. The number of benzene rings is 2. The van der Waals surface area contributed by atoms with E-state index in [0.717, 1.165) is 11.1 Å². The third-order valence-electron chi connectivity index (χ3n) is 5.26. The van der Waals surface area contributed by atoms with Crippen molar-refractivity contribution in [2.45, 2.75) is 42.9 Å². The summed E-state index contributed by atoms with van der Waals surface area (Å²) in [7, 11) is -7.29. The maximum Gasteiger partial charge on any atom is 0.243 e. The van der Waals surface area contributed by atoms with Crippen LogP contribution in [0.4, 0.5) is 0 Å². The van der Waals surface area contributed by atoms with Crippen molar-refractivity contribution >= 4 is 20.0 Å². The molecule has 0 amide bonds. The third-order valence-corrected chi connectivity index (χ3v) is 9.08. The number of aryl methyl sites for hydroxylation is 1. The fourth-order valence-corrected chi connectivity index (χ4v) is 6.32. The van der Waals surface area contributed by atoms with Crippen LogP contribution < -0.4 is 0 Å². The van der Waals surface area contributed by atoms with E-state index < -0.39 is 20.0 Å². The maximum absolute atomic E-state index is 13.0. The molecule has 0 aliphatic carbocycles. The van der Waals surface area contributed by atoms with Crippen LogP contribution in [0.5, 0.6) is 0 Å². The van der Waals surface area contributed by atoms with E-state index in [1.165, 1.54) is 8.61 Å². The minimum Gasteiger partial charge on any atom is -0.207 e. The van der Waals surface area contributed by atoms with Crippen molar-refractivity contribution in [3.63, 3.8) is 0 Å². The standard InChI is InChI=1S/C21H28N2O4S2/c1-17(2)19-7-11-21(12-8-19)29(26,27)23-14-4-13-22(15-16-23)28(24,25)20-9-5-18(3)6-10-20/h5-12,17H,4,13-16H2,1-3H3. The molecule has 3 rings (SSSR count). The minimum absolute atomic E-state index is 0.138. The second-order valence-corrected chi connectivity index (χ2v) is 11.6. The summed E-state index contributed by atoms with van der Waals surface area (Å²) in [6, 6.07) is 13.7. The quantitative estimate of drug-likeness (QED) is 0.721. The van der Waals surface area contributed by atoms with Crippen LogP contribution in [0.1, 0.15) is 37.3 Å². The number of sulfonamides is 2. The Morgan fingerprint density at radius 3 is 1.52 bits per heavy atom. The van der Waals surface area contributed by atoms with E-state index in [-0.39, 0.29) is 22.9 Å². The van der Waals surface area contributed by atoms with Gasteiger partial charge in [0.05, 0.1) is 9.79 Å². The Labute approximate surface area is 174 Å². The molecule has 29 heavy (non-hydrogen) atoms. The van der Waals surface area contributed by atoms with E-state index in [1.54, 1.807) is 36.4 Å². The summed E-state index contributed by atoms with van der Waals surface area (Å²) in [5, 5.41) is 0. The lowest BCUT2D eigenvalue weighted by Crippen LogP contribution is -2.37. The van der Waals surface area contributed by atoms with Crippen LogP contribution in [0.15, 0.2) is 58.3 Å². The summed E-state index contributed by atoms with van der Waals surface area (Å²) in [4.78, 5) is 0.487. The van der Waals surface area contributed by atoms with Crippen LogP contribution in [0.3, 0.4) is 0 Å². The summed E-state index contributed by atoms with van der Waals surface area (Å²) in [5.74, 6) is 0.325. The van der Waals surface area contributed by atoms with Gasteiger partial charge in [-0.2, -0.15) is 8.61 Å². The normalized spacial score (nSPS) is 17.4. The van der Waals surface area contributed by atoms with E-state index in [2.05, 4.69) is 13.8 Å². The first-order chi connectivity index (χ1) is 13.6. The van der Waals surface area contributed by atoms with Gasteiger partial charge in [-0.15, -0.1) is 0 Å². The van der Waals surface area contributed by atoms with Gasteiger partial charge in [-0.05, 0) is 49.1 Å². The van der Waals surface area contributed by atoms with Crippen molar-refractivity contribution in [2.24, 2.45) is 0 Å². The average molecular weight is 437 g/mol. The fraction of sp³-hybridized carbons (Fsp3) is 0.429. The number of hydrogen-bond donors (Lipinski definition) is 0. The van der Waals surface area contributed by atoms with Crippen LogP contribution in [0, 0.1) is 6.92 Å². The molecule has 0 bridgehead atoms. The van der Waals surface area contributed by atoms with Crippen molar-refractivity contribution in [1.82, 2.24) is 8.61 Å². The SMILES string of the molecule is Cc1ccc(S(=O)(=O)N2CCCN(S(=O)(=O)c3ccc(C(C)C)cc3)CC2)cc1. The third kappa shape index (κ3) is 4.71. The zero-order valence-corrected chi connectivity index (χ0v) is 18.7. The molecule has 158 valence electrons. The minimum atomic E-state index is -3.66. The average Bonchev–Trinajstić information content (AvgIpc) is 2.96. The van der Waals surface area contributed by atoms with Crippen LogP contribution in [-0.2, 0) is 20.0 Å². The smallest absolute Gasteiger partial charge is 0.207 e. The summed E-state index contributed by atoms with van der Waals surface area (Å²) >= 11 is 0. The predicted octanol–water partition coefficient (Wildman–Crippen LogP) is 3.20. The highest BCUT2D eigenvalue weighted by Crippen LogP contribution is 2.23. The number of hydrogen-bond acceptors (Lipinski definition) is 4. The predicted molar refractivity (Wildman–Crippen MR) is 114 cm³/mol. The molecule has 0 N–H and O–H groups in total. The van der Waals surface area contributed by atoms with E-state index in [9.17, 15) is 16.8 Å². The first-order valence-electron chi connectivity index (χ1n) is 9.79. The second-order valence-electron chi connectivity index (χ2n) is 7.70. The lowest BCUT2D eigenvalue weighted by Gasteiger charge is -2.22. The van der Waals surface area contributed by atoms with Crippen LogP contribution in [0.25, 0.3) is 0 Å². The number of rotatable bonds is 5. The first-order valence-corrected chi connectivity index (χ1v) is 12.7. The van der Waals surface area contributed by atoms with Gasteiger partial charge < -0.3 is 0 Å². The summed E-state index contributed by atoms with van der Waals surface area (Å²) < 4.78 is 54.7. The molecule has 0 radical (unpaired) electrons. The highest BCUT2D eigenvalue weighted by Gasteiger charge is 2.31. The molecule has 6 nitrogen and oxygen atoms in total. The van der Waals surface area contributed by atoms with Crippen molar-refractivity contribution in [3.05, 3.63) is 59.7 Å². The van der Waals surface area contributed by atoms with E-state index in [0.29, 0.717) is 25.4 Å². The zero-order chi connectivity index (χ0) is 21.2. The van der Waals surface area contributed by atoms with Gasteiger partial charge in [0, 0.05) is 26.2 Å². The molecule has 1 heterocycles. The van der Waals surface area contributed by atoms with Gasteiger partial charge in [0.15, 0.2) is 0 Å². The van der Waals surface area contributed by atoms with Gasteiger partial charge in [-0.3, -0.25) is 0 Å². The van der Waals surface area contributed by atoms with Gasteiger partial charge in [-0.1, -0.05) is 43.7 Å². The largest absolute Gasteiger partial charge is 0.243 e. The topological polar surface area (TPSA) is 74.8 Å². The second kappa shape index (κ2) is 8.55. The highest BCUT2D eigenvalue weighted by atomic mass is 32.2. The van der Waals surface area contributed by atoms with Gasteiger partial charge in [0.2, 0.25) is 20.0 Å². The summed E-state index contributed by atoms with van der Waals surface area (Å²) in [6.45, 7) is 6.89. The molecule has 0 saturated carbocycles. The van der Waals surface area contributed by atoms with Crippen LogP contribution >= 0.6 is 0 Å². The lowest BCUT2D eigenvalue weighted by molar-refractivity contribution is 0.404. The fourth-order valence-electron chi connectivity index (χ4n) is 3.38. The molecular weight excluding hydrogens is 408 g/mol. The number of nitrogens with zero attached hydrogens (tertiary/aromatic N) is 2. The highest BCUT2D eigenvalue weighted by molar-refractivity contribution is 7.89. The van der Waals surface area contributed by atoms with E-state index >= 15 is 0 Å². The van der Waals surface area contributed by atoms with Crippen LogP contribution in [0.2, 0.25) is 0 Å². The van der Waals surface area contributed by atoms with Gasteiger partial charge in [-0.25, -0.2) is 16.8 Å². The van der Waals surface area contributed by atoms with Gasteiger partial charge in [0.25, 0.3) is 0 Å². The van der Waals surface area contributed by atoms with Crippen LogP contribution in [-0.4, -0.2) is 51.6 Å². The molecule has 1 fully saturated rings. The lowest BCUT2D eigenvalue weighted by atomic mass is 10.0. The zero-order valence-electron chi connectivity index (χ0n) is 17.1. The monoisotopic (exact) mass is 436 g/mol. The van der Waals surface area contributed by atoms with Gasteiger partial charge in [0.1, 0.15) is 0 Å². The molecule has 2 aromatic rings. The Morgan fingerprint density at radius 1 is 0.690 bits per heavy atom. The molecule has 0 atom stereocenters. The molecule has 1 aliphatic heterocycles. The van der Waals surface area contributed by atoms with Crippen molar-refractivity contribution in [2.75, 3.05) is 26.2 Å². The van der Waals surface area contributed by atoms with Crippen molar-refractivity contribution < 1.29 is 16.8 Å². The van der Waals surface area contributed by atoms with E-state index in [1.807, 2.05) is 19.1 Å². The summed E-state index contributed by atoms with van der Waals surface area (Å²) in [6.07, 6.45) is 0.453. The maximum atomic E-state index is 13.0. The molecule has 1 saturated heterocycles. The van der Waals surface area contributed by atoms with E-state index in [4.69, 9.17) is 0 Å². The molecule has 0 spiro atoms. The molecule has 2 aromatic carbocycles. The van der Waals surface area contributed by atoms with Crippen molar-refractivity contribution in [3.8, 4) is 0 Å². The molecule has 0 aromatic heterocycles. The molecular formula is C21H28N2O4S2. The summed E-state index contributed by atoms with van der Waals surface area (Å²) in [5.41, 5.74) is 2.07. The molecule has 8 heteroatoms. The molecule has 1 aliphatic rings. The van der Waals surface area contributed by atoms with Crippen molar-refractivity contribution in [1.29, 1.82) is 0 Å². The Kier molecular flexibility index (Phi) is 6.48. The Hall–Kier alpha value is -1.74. The Balaban J connectivity index is 1.77. The Bertz CT molecular complexity index is 1040. The molecule has 0 unspecified atom stereocenters. The first kappa shape index (κ1) is 22.0.